The number of amides is 2. The maximum atomic E-state index is 12.4. The van der Waals surface area contributed by atoms with E-state index in [0.717, 1.165) is 18.6 Å². The molecular formula is C19H28N2O4. The lowest BCUT2D eigenvalue weighted by Crippen LogP contribution is -2.52. The highest BCUT2D eigenvalue weighted by Gasteiger charge is 2.27. The quantitative estimate of drug-likeness (QED) is 0.758. The lowest BCUT2D eigenvalue weighted by molar-refractivity contribution is -0.143. The van der Waals surface area contributed by atoms with Crippen molar-refractivity contribution in [3.63, 3.8) is 0 Å². The Balaban J connectivity index is 1.77. The summed E-state index contributed by atoms with van der Waals surface area (Å²) in [5.74, 6) is 1.64. The molecule has 0 spiro atoms. The highest BCUT2D eigenvalue weighted by Crippen LogP contribution is 2.17. The van der Waals surface area contributed by atoms with Gasteiger partial charge < -0.3 is 19.3 Å². The Morgan fingerprint density at radius 1 is 0.960 bits per heavy atom. The number of hydrogen-bond acceptors (Lipinski definition) is 4. The first-order valence-electron chi connectivity index (χ1n) is 8.92. The highest BCUT2D eigenvalue weighted by atomic mass is 16.5. The van der Waals surface area contributed by atoms with Gasteiger partial charge in [-0.2, -0.15) is 0 Å². The first-order chi connectivity index (χ1) is 12.1. The van der Waals surface area contributed by atoms with Crippen LogP contribution in [0.4, 0.5) is 0 Å². The molecule has 2 amide bonds. The van der Waals surface area contributed by atoms with Crippen molar-refractivity contribution in [1.29, 1.82) is 0 Å². The summed E-state index contributed by atoms with van der Waals surface area (Å²) in [7, 11) is 1.60. The summed E-state index contributed by atoms with van der Waals surface area (Å²) in [6, 6.07) is 7.14. The van der Waals surface area contributed by atoms with E-state index in [2.05, 4.69) is 0 Å². The molecule has 0 aromatic heterocycles. The van der Waals surface area contributed by atoms with E-state index in [1.54, 1.807) is 36.3 Å². The largest absolute Gasteiger partial charge is 0.497 e. The number of nitrogens with zero attached hydrogens (tertiary/aromatic N) is 2. The van der Waals surface area contributed by atoms with E-state index in [4.69, 9.17) is 9.47 Å². The summed E-state index contributed by atoms with van der Waals surface area (Å²) in [5, 5.41) is 0. The van der Waals surface area contributed by atoms with Gasteiger partial charge in [-0.05, 0) is 37.1 Å². The van der Waals surface area contributed by atoms with Crippen molar-refractivity contribution in [2.24, 2.45) is 5.92 Å². The third-order valence-electron chi connectivity index (χ3n) is 4.70. The number of piperazine rings is 1. The van der Waals surface area contributed by atoms with E-state index in [1.165, 1.54) is 0 Å². The summed E-state index contributed by atoms with van der Waals surface area (Å²) < 4.78 is 10.6. The molecule has 1 aliphatic rings. The molecule has 25 heavy (non-hydrogen) atoms. The van der Waals surface area contributed by atoms with Crippen LogP contribution in [0.25, 0.3) is 0 Å². The minimum absolute atomic E-state index is 0.00677. The van der Waals surface area contributed by atoms with E-state index in [0.29, 0.717) is 31.9 Å². The molecule has 0 saturated carbocycles. The van der Waals surface area contributed by atoms with Crippen LogP contribution in [0.15, 0.2) is 24.3 Å². The van der Waals surface area contributed by atoms with E-state index in [-0.39, 0.29) is 24.3 Å². The molecule has 0 atom stereocenters. The molecule has 1 aromatic rings. The summed E-state index contributed by atoms with van der Waals surface area (Å²) in [5.41, 5.74) is 0. The number of methoxy groups -OCH3 is 1. The Morgan fingerprint density at radius 3 is 2.00 bits per heavy atom. The average molecular weight is 348 g/mol. The van der Waals surface area contributed by atoms with Crippen LogP contribution < -0.4 is 9.47 Å². The van der Waals surface area contributed by atoms with Gasteiger partial charge in [-0.1, -0.05) is 13.8 Å². The maximum absolute atomic E-state index is 12.4. The molecule has 138 valence electrons. The second-order valence-electron chi connectivity index (χ2n) is 6.18. The molecule has 1 aliphatic heterocycles. The standard InChI is InChI=1S/C19H28N2O4/c1-4-15(5-2)19(23)21-12-10-20(11-13-21)18(22)14-25-17-8-6-16(24-3)7-9-17/h6-9,15H,4-5,10-14H2,1-3H3. The second-order valence-corrected chi connectivity index (χ2v) is 6.18. The van der Waals surface area contributed by atoms with Crippen LogP contribution >= 0.6 is 0 Å². The molecule has 1 fully saturated rings. The minimum Gasteiger partial charge on any atom is -0.497 e. The van der Waals surface area contributed by atoms with Gasteiger partial charge in [0.2, 0.25) is 5.91 Å². The summed E-state index contributed by atoms with van der Waals surface area (Å²) in [6.07, 6.45) is 1.73. The SMILES string of the molecule is CCC(CC)C(=O)N1CCN(C(=O)COc2ccc(OC)cc2)CC1. The summed E-state index contributed by atoms with van der Waals surface area (Å²) in [4.78, 5) is 28.3. The molecule has 0 unspecified atom stereocenters. The molecule has 6 nitrogen and oxygen atoms in total. The predicted octanol–water partition coefficient (Wildman–Crippen LogP) is 2.18. The number of ether oxygens (including phenoxy) is 2. The van der Waals surface area contributed by atoms with Gasteiger partial charge in [0, 0.05) is 32.1 Å². The fourth-order valence-electron chi connectivity index (χ4n) is 2.98. The van der Waals surface area contributed by atoms with Crippen LogP contribution in [-0.2, 0) is 9.59 Å². The fourth-order valence-corrected chi connectivity index (χ4v) is 2.98. The zero-order valence-corrected chi connectivity index (χ0v) is 15.4. The van der Waals surface area contributed by atoms with Crippen LogP contribution in [0, 0.1) is 5.92 Å². The van der Waals surface area contributed by atoms with Gasteiger partial charge in [-0.25, -0.2) is 0 Å². The van der Waals surface area contributed by atoms with Crippen LogP contribution in [0.3, 0.4) is 0 Å². The summed E-state index contributed by atoms with van der Waals surface area (Å²) in [6.45, 7) is 6.43. The third kappa shape index (κ3) is 5.11. The van der Waals surface area contributed by atoms with E-state index < -0.39 is 0 Å². The Kier molecular flexibility index (Phi) is 7.10. The monoisotopic (exact) mass is 348 g/mol. The van der Waals surface area contributed by atoms with Gasteiger partial charge in [0.15, 0.2) is 6.61 Å². The first kappa shape index (κ1) is 19.1. The van der Waals surface area contributed by atoms with Crippen molar-refractivity contribution in [2.75, 3.05) is 39.9 Å². The predicted molar refractivity (Wildman–Crippen MR) is 95.7 cm³/mol. The highest BCUT2D eigenvalue weighted by molar-refractivity contribution is 5.80. The second kappa shape index (κ2) is 9.30. The molecule has 6 heteroatoms. The van der Waals surface area contributed by atoms with Crippen LogP contribution in [0.5, 0.6) is 11.5 Å². The van der Waals surface area contributed by atoms with Crippen LogP contribution in [0.1, 0.15) is 26.7 Å². The Bertz CT molecular complexity index is 561. The third-order valence-corrected chi connectivity index (χ3v) is 4.70. The smallest absolute Gasteiger partial charge is 0.260 e. The summed E-state index contributed by atoms with van der Waals surface area (Å²) >= 11 is 0. The van der Waals surface area contributed by atoms with Gasteiger partial charge in [0.25, 0.3) is 5.91 Å². The van der Waals surface area contributed by atoms with Gasteiger partial charge >= 0.3 is 0 Å². The minimum atomic E-state index is -0.0505. The zero-order valence-electron chi connectivity index (χ0n) is 15.4. The maximum Gasteiger partial charge on any atom is 0.260 e. The molecular weight excluding hydrogens is 320 g/mol. The van der Waals surface area contributed by atoms with Crippen LogP contribution in [-0.4, -0.2) is 61.5 Å². The number of carbonyl (C=O) groups is 2. The van der Waals surface area contributed by atoms with Gasteiger partial charge in [-0.3, -0.25) is 9.59 Å². The molecule has 0 aliphatic carbocycles. The van der Waals surface area contributed by atoms with E-state index >= 15 is 0 Å². The number of benzene rings is 1. The average Bonchev–Trinajstić information content (AvgIpc) is 2.67. The Hall–Kier alpha value is -2.24. The van der Waals surface area contributed by atoms with Crippen molar-refractivity contribution in [1.82, 2.24) is 9.80 Å². The number of hydrogen-bond donors (Lipinski definition) is 0. The first-order valence-corrected chi connectivity index (χ1v) is 8.92. The normalized spacial score (nSPS) is 14.6. The van der Waals surface area contributed by atoms with E-state index in [1.807, 2.05) is 18.7 Å². The fraction of sp³-hybridized carbons (Fsp3) is 0.579. The molecule has 1 saturated heterocycles. The van der Waals surface area contributed by atoms with Gasteiger partial charge in [0.1, 0.15) is 11.5 Å². The van der Waals surface area contributed by atoms with Gasteiger partial charge in [0.05, 0.1) is 7.11 Å². The van der Waals surface area contributed by atoms with Crippen molar-refractivity contribution in [3.8, 4) is 11.5 Å². The molecule has 0 bridgehead atoms. The van der Waals surface area contributed by atoms with Crippen molar-refractivity contribution < 1.29 is 19.1 Å². The van der Waals surface area contributed by atoms with E-state index in [9.17, 15) is 9.59 Å². The zero-order chi connectivity index (χ0) is 18.2. The van der Waals surface area contributed by atoms with Crippen LogP contribution in [0.2, 0.25) is 0 Å². The Morgan fingerprint density at radius 2 is 1.48 bits per heavy atom. The van der Waals surface area contributed by atoms with Crippen molar-refractivity contribution in [3.05, 3.63) is 24.3 Å². The topological polar surface area (TPSA) is 59.1 Å². The lowest BCUT2D eigenvalue weighted by Gasteiger charge is -2.36. The van der Waals surface area contributed by atoms with Crippen molar-refractivity contribution in [2.45, 2.75) is 26.7 Å². The van der Waals surface area contributed by atoms with Crippen molar-refractivity contribution >= 4 is 11.8 Å². The lowest BCUT2D eigenvalue weighted by atomic mass is 10.0. The number of carbonyl (C=O) groups excluding carboxylic acids is 2. The molecule has 0 N–H and O–H groups in total. The molecule has 1 aromatic carbocycles. The number of rotatable bonds is 7. The molecule has 2 rings (SSSR count). The Labute approximate surface area is 149 Å². The van der Waals surface area contributed by atoms with Gasteiger partial charge in [-0.15, -0.1) is 0 Å². The molecule has 0 radical (unpaired) electrons. The molecule has 1 heterocycles.